The number of thioether (sulfide) groups is 1. The summed E-state index contributed by atoms with van der Waals surface area (Å²) in [6, 6.07) is 5.16. The molecule has 1 amide bonds. The van der Waals surface area contributed by atoms with Crippen LogP contribution < -0.4 is 5.32 Å². The highest BCUT2D eigenvalue weighted by Gasteiger charge is 2.31. The molecule has 0 heterocycles. The average Bonchev–Trinajstić information content (AvgIpc) is 2.55. The number of amides is 1. The number of alkyl carbamates (subject to hydrolysis) is 1. The molecule has 2 N–H and O–H groups in total. The molecule has 27 heavy (non-hydrogen) atoms. The lowest BCUT2D eigenvalue weighted by molar-refractivity contribution is -0.137. The van der Waals surface area contributed by atoms with Crippen molar-refractivity contribution in [2.45, 2.75) is 51.2 Å². The number of alkyl halides is 3. The van der Waals surface area contributed by atoms with E-state index in [-0.39, 0.29) is 19.1 Å². The van der Waals surface area contributed by atoms with Crippen LogP contribution in [0.4, 0.5) is 18.0 Å². The van der Waals surface area contributed by atoms with Crippen molar-refractivity contribution in [2.75, 3.05) is 24.7 Å². The lowest BCUT2D eigenvalue weighted by atomic mass is 9.94. The third-order valence-corrected chi connectivity index (χ3v) is 4.70. The van der Waals surface area contributed by atoms with Crippen molar-refractivity contribution in [2.24, 2.45) is 0 Å². The molecule has 154 valence electrons. The Bertz CT molecular complexity index is 588. The summed E-state index contributed by atoms with van der Waals surface area (Å²) in [5.74, 6) is 1.08. The Morgan fingerprint density at radius 1 is 1.26 bits per heavy atom. The van der Waals surface area contributed by atoms with Gasteiger partial charge in [-0.1, -0.05) is 18.2 Å². The number of aliphatic hydroxyl groups excluding tert-OH is 1. The Hall–Kier alpha value is -1.41. The standard InChI is InChI=1S/C19H28F3NO3S/c1-18(2,3)23-17(25)26-13-15(7-5-10-27-11-9-24)14-6-4-8-16(12-14)19(20,21)22/h4,6,8,12,15,24H,5,7,9-11,13H2,1-3H3,(H,23,25). The maximum absolute atomic E-state index is 13.0. The first-order chi connectivity index (χ1) is 12.5. The fourth-order valence-corrected chi connectivity index (χ4v) is 3.14. The van der Waals surface area contributed by atoms with Crippen molar-refractivity contribution in [1.82, 2.24) is 5.32 Å². The van der Waals surface area contributed by atoms with Crippen molar-refractivity contribution in [1.29, 1.82) is 0 Å². The van der Waals surface area contributed by atoms with Gasteiger partial charge in [0.1, 0.15) is 6.61 Å². The van der Waals surface area contributed by atoms with Gasteiger partial charge >= 0.3 is 12.3 Å². The number of carbonyl (C=O) groups excluding carboxylic acids is 1. The van der Waals surface area contributed by atoms with E-state index >= 15 is 0 Å². The van der Waals surface area contributed by atoms with Gasteiger partial charge in [0.2, 0.25) is 0 Å². The second kappa shape index (κ2) is 10.8. The molecule has 0 aliphatic heterocycles. The van der Waals surface area contributed by atoms with Crippen LogP contribution in [0.15, 0.2) is 24.3 Å². The summed E-state index contributed by atoms with van der Waals surface area (Å²) in [5.41, 5.74) is -0.664. The number of nitrogens with one attached hydrogen (secondary N) is 1. The minimum absolute atomic E-state index is 0.00783. The predicted octanol–water partition coefficient (Wildman–Crippen LogP) is 4.82. The molecule has 0 aromatic heterocycles. The van der Waals surface area contributed by atoms with E-state index < -0.39 is 23.4 Å². The van der Waals surface area contributed by atoms with E-state index in [2.05, 4.69) is 5.32 Å². The summed E-state index contributed by atoms with van der Waals surface area (Å²) in [5, 5.41) is 11.5. The first kappa shape index (κ1) is 23.6. The Morgan fingerprint density at radius 2 is 1.96 bits per heavy atom. The van der Waals surface area contributed by atoms with Gasteiger partial charge in [-0.15, -0.1) is 0 Å². The molecule has 0 spiro atoms. The number of hydrogen-bond acceptors (Lipinski definition) is 4. The fourth-order valence-electron chi connectivity index (χ4n) is 2.43. The quantitative estimate of drug-likeness (QED) is 0.576. The van der Waals surface area contributed by atoms with Crippen LogP contribution in [0.2, 0.25) is 0 Å². The van der Waals surface area contributed by atoms with Crippen LogP contribution in [0.1, 0.15) is 50.7 Å². The third-order valence-electron chi connectivity index (χ3n) is 3.65. The molecule has 1 unspecified atom stereocenters. The highest BCUT2D eigenvalue weighted by Crippen LogP contribution is 2.32. The van der Waals surface area contributed by atoms with E-state index in [1.807, 2.05) is 20.8 Å². The van der Waals surface area contributed by atoms with Gasteiger partial charge in [0.25, 0.3) is 0 Å². The number of hydrogen-bond donors (Lipinski definition) is 2. The van der Waals surface area contributed by atoms with Gasteiger partial charge in [-0.2, -0.15) is 24.9 Å². The number of benzene rings is 1. The van der Waals surface area contributed by atoms with Gasteiger partial charge < -0.3 is 15.2 Å². The van der Waals surface area contributed by atoms with E-state index in [1.165, 1.54) is 6.07 Å². The van der Waals surface area contributed by atoms with E-state index in [0.717, 1.165) is 24.3 Å². The number of ether oxygens (including phenoxy) is 1. The zero-order valence-corrected chi connectivity index (χ0v) is 16.8. The van der Waals surface area contributed by atoms with Crippen LogP contribution in [0.3, 0.4) is 0 Å². The average molecular weight is 407 g/mol. The SMILES string of the molecule is CC(C)(C)NC(=O)OCC(CCCSCCO)c1cccc(C(F)(F)F)c1. The molecule has 8 heteroatoms. The third kappa shape index (κ3) is 9.91. The maximum Gasteiger partial charge on any atom is 0.416 e. The number of aliphatic hydroxyl groups is 1. The van der Waals surface area contributed by atoms with Gasteiger partial charge in [0, 0.05) is 17.2 Å². The van der Waals surface area contributed by atoms with Crippen LogP contribution in [0.5, 0.6) is 0 Å². The predicted molar refractivity (Wildman–Crippen MR) is 102 cm³/mol. The molecule has 1 atom stereocenters. The molecule has 4 nitrogen and oxygen atoms in total. The van der Waals surface area contributed by atoms with Gasteiger partial charge in [0.15, 0.2) is 0 Å². The van der Waals surface area contributed by atoms with E-state index in [1.54, 1.807) is 17.8 Å². The molecule has 1 aromatic carbocycles. The Morgan fingerprint density at radius 3 is 2.56 bits per heavy atom. The molecule has 0 aliphatic carbocycles. The Kier molecular flexibility index (Phi) is 9.45. The summed E-state index contributed by atoms with van der Waals surface area (Å²) in [6.45, 7) is 5.55. The molecular weight excluding hydrogens is 379 g/mol. The van der Waals surface area contributed by atoms with E-state index in [9.17, 15) is 18.0 Å². The summed E-state index contributed by atoms with van der Waals surface area (Å²) >= 11 is 1.58. The molecular formula is C19H28F3NO3S. The fraction of sp³-hybridized carbons (Fsp3) is 0.632. The molecule has 0 saturated heterocycles. The van der Waals surface area contributed by atoms with Crippen LogP contribution in [0.25, 0.3) is 0 Å². The molecule has 1 rings (SSSR count). The summed E-state index contributed by atoms with van der Waals surface area (Å²) in [4.78, 5) is 11.9. The van der Waals surface area contributed by atoms with Crippen molar-refractivity contribution in [3.8, 4) is 0 Å². The molecule has 0 bridgehead atoms. The highest BCUT2D eigenvalue weighted by atomic mass is 32.2. The van der Waals surface area contributed by atoms with Crippen molar-refractivity contribution in [3.63, 3.8) is 0 Å². The van der Waals surface area contributed by atoms with Crippen molar-refractivity contribution >= 4 is 17.9 Å². The minimum Gasteiger partial charge on any atom is -0.449 e. The van der Waals surface area contributed by atoms with Gasteiger partial charge in [-0.05, 0) is 51.0 Å². The topological polar surface area (TPSA) is 58.6 Å². The molecule has 1 aromatic rings. The second-order valence-electron chi connectivity index (χ2n) is 7.27. The van der Waals surface area contributed by atoms with E-state index in [4.69, 9.17) is 9.84 Å². The lowest BCUT2D eigenvalue weighted by Gasteiger charge is -2.23. The number of halogens is 3. The Balaban J connectivity index is 2.80. The summed E-state index contributed by atoms with van der Waals surface area (Å²) in [7, 11) is 0. The smallest absolute Gasteiger partial charge is 0.416 e. The monoisotopic (exact) mass is 407 g/mol. The van der Waals surface area contributed by atoms with Crippen molar-refractivity contribution < 1.29 is 27.8 Å². The Labute approximate surface area is 162 Å². The molecule has 0 fully saturated rings. The normalized spacial score (nSPS) is 13.3. The summed E-state index contributed by atoms with van der Waals surface area (Å²) in [6.07, 6.45) is -3.67. The van der Waals surface area contributed by atoms with Crippen molar-refractivity contribution in [3.05, 3.63) is 35.4 Å². The maximum atomic E-state index is 13.0. The zero-order valence-electron chi connectivity index (χ0n) is 15.9. The highest BCUT2D eigenvalue weighted by molar-refractivity contribution is 7.99. The summed E-state index contributed by atoms with van der Waals surface area (Å²) < 4.78 is 44.3. The van der Waals surface area contributed by atoms with E-state index in [0.29, 0.717) is 17.7 Å². The molecule has 0 radical (unpaired) electrons. The van der Waals surface area contributed by atoms with Gasteiger partial charge in [0.05, 0.1) is 12.2 Å². The number of rotatable bonds is 9. The minimum atomic E-state index is -4.41. The van der Waals surface area contributed by atoms with Crippen LogP contribution >= 0.6 is 11.8 Å². The largest absolute Gasteiger partial charge is 0.449 e. The lowest BCUT2D eigenvalue weighted by Crippen LogP contribution is -2.41. The van der Waals surface area contributed by atoms with Gasteiger partial charge in [-0.25, -0.2) is 4.79 Å². The number of carbonyl (C=O) groups is 1. The van der Waals surface area contributed by atoms with Crippen LogP contribution in [-0.2, 0) is 10.9 Å². The van der Waals surface area contributed by atoms with Crippen LogP contribution in [-0.4, -0.2) is 41.5 Å². The molecule has 0 saturated carbocycles. The van der Waals surface area contributed by atoms with Gasteiger partial charge in [-0.3, -0.25) is 0 Å². The molecule has 0 aliphatic rings. The first-order valence-corrected chi connectivity index (χ1v) is 9.99. The second-order valence-corrected chi connectivity index (χ2v) is 8.50. The first-order valence-electron chi connectivity index (χ1n) is 8.83. The zero-order chi connectivity index (χ0) is 20.5. The van der Waals surface area contributed by atoms with Crippen LogP contribution in [0, 0.1) is 0 Å².